The summed E-state index contributed by atoms with van der Waals surface area (Å²) in [5.41, 5.74) is 0.876. The molecule has 3 aromatic rings. The zero-order chi connectivity index (χ0) is 18.7. The Balaban J connectivity index is 2.06. The Morgan fingerprint density at radius 2 is 1.77 bits per heavy atom. The third kappa shape index (κ3) is 3.57. The number of fused-ring (bicyclic) bond motifs is 1. The molecule has 1 amide bonds. The predicted octanol–water partition coefficient (Wildman–Crippen LogP) is 2.37. The molecule has 26 heavy (non-hydrogen) atoms. The summed E-state index contributed by atoms with van der Waals surface area (Å²) in [6.45, 7) is -0.630. The highest BCUT2D eigenvalue weighted by molar-refractivity contribution is 7.20. The highest BCUT2D eigenvalue weighted by Crippen LogP contribution is 2.31. The smallest absolute Gasteiger partial charge is 0.322 e. The van der Waals surface area contributed by atoms with Crippen molar-refractivity contribution in [1.82, 2.24) is 5.32 Å². The van der Waals surface area contributed by atoms with Crippen molar-refractivity contribution in [2.45, 2.75) is 6.42 Å². The summed E-state index contributed by atoms with van der Waals surface area (Å²) in [5.74, 6) is -2.14. The maximum absolute atomic E-state index is 12.7. The largest absolute Gasteiger partial charge is 0.499 e. The van der Waals surface area contributed by atoms with Crippen molar-refractivity contribution in [3.8, 4) is 5.06 Å². The molecule has 0 fully saturated rings. The van der Waals surface area contributed by atoms with E-state index >= 15 is 0 Å². The molecule has 0 aliphatic carbocycles. The Hall–Kier alpha value is -3.19. The normalized spacial score (nSPS) is 10.6. The third-order valence-electron chi connectivity index (χ3n) is 3.85. The first-order valence-electron chi connectivity index (χ1n) is 7.79. The van der Waals surface area contributed by atoms with Crippen molar-refractivity contribution in [2.75, 3.05) is 6.54 Å². The Labute approximate surface area is 152 Å². The molecule has 0 bridgehead atoms. The van der Waals surface area contributed by atoms with Crippen LogP contribution < -0.4 is 10.7 Å². The van der Waals surface area contributed by atoms with Crippen molar-refractivity contribution >= 4 is 33.3 Å². The first kappa shape index (κ1) is 17.6. The van der Waals surface area contributed by atoms with Gasteiger partial charge in [-0.15, -0.1) is 0 Å². The van der Waals surface area contributed by atoms with Gasteiger partial charge in [-0.25, -0.2) is 0 Å². The van der Waals surface area contributed by atoms with Gasteiger partial charge in [0.15, 0.2) is 5.06 Å². The molecule has 2 aromatic carbocycles. The van der Waals surface area contributed by atoms with Crippen LogP contribution in [0.5, 0.6) is 5.06 Å². The zero-order valence-electron chi connectivity index (χ0n) is 13.6. The summed E-state index contributed by atoms with van der Waals surface area (Å²) < 4.78 is 0.605. The number of aliphatic carboxylic acids is 1. The first-order valence-corrected chi connectivity index (χ1v) is 8.60. The topological polar surface area (TPSA) is 104 Å². The first-order chi connectivity index (χ1) is 12.5. The highest BCUT2D eigenvalue weighted by atomic mass is 32.1. The monoisotopic (exact) mass is 369 g/mol. The third-order valence-corrected chi connectivity index (χ3v) is 4.93. The Kier molecular flexibility index (Phi) is 4.99. The molecule has 0 radical (unpaired) electrons. The van der Waals surface area contributed by atoms with Gasteiger partial charge in [-0.05, 0) is 23.6 Å². The van der Waals surface area contributed by atoms with Crippen LogP contribution in [0.15, 0.2) is 53.3 Å². The van der Waals surface area contributed by atoms with Crippen molar-refractivity contribution in [2.24, 2.45) is 0 Å². The van der Waals surface area contributed by atoms with Gasteiger partial charge in [0.05, 0.1) is 0 Å². The fourth-order valence-electron chi connectivity index (χ4n) is 2.66. The second-order valence-electron chi connectivity index (χ2n) is 5.64. The number of rotatable bonds is 5. The van der Waals surface area contributed by atoms with E-state index in [9.17, 15) is 19.5 Å². The number of hydrogen-bond donors (Lipinski definition) is 3. The van der Waals surface area contributed by atoms with Crippen LogP contribution in [0.2, 0.25) is 0 Å². The quantitative estimate of drug-likeness (QED) is 0.641. The standard InChI is InChI=1S/C19H15NO5S/c21-14(22)10-20-18(24)15-16(23)13-8-4-7-12(17(13)26-19(15)25)9-11-5-2-1-3-6-11/h1-8,25H,9-10H2,(H,20,24)(H,21,22). The predicted molar refractivity (Wildman–Crippen MR) is 99.0 cm³/mol. The molecule has 1 aromatic heterocycles. The number of carboxylic acids is 1. The zero-order valence-corrected chi connectivity index (χ0v) is 14.4. The number of benzene rings is 2. The van der Waals surface area contributed by atoms with Gasteiger partial charge in [0.2, 0.25) is 5.43 Å². The van der Waals surface area contributed by atoms with Crippen LogP contribution in [0, 0.1) is 0 Å². The number of aromatic hydroxyl groups is 1. The Morgan fingerprint density at radius 3 is 2.46 bits per heavy atom. The highest BCUT2D eigenvalue weighted by Gasteiger charge is 2.20. The second kappa shape index (κ2) is 7.37. The van der Waals surface area contributed by atoms with E-state index in [-0.39, 0.29) is 0 Å². The van der Waals surface area contributed by atoms with Crippen LogP contribution in [-0.4, -0.2) is 28.6 Å². The number of amides is 1. The lowest BCUT2D eigenvalue weighted by atomic mass is 10.0. The van der Waals surface area contributed by atoms with Crippen LogP contribution in [-0.2, 0) is 11.2 Å². The Bertz CT molecular complexity index is 1040. The molecule has 0 saturated heterocycles. The molecule has 1 heterocycles. The summed E-state index contributed by atoms with van der Waals surface area (Å²) in [5, 5.41) is 20.9. The number of carboxylic acid groups (broad SMARTS) is 1. The molecule has 0 aliphatic heterocycles. The van der Waals surface area contributed by atoms with Crippen molar-refractivity contribution in [1.29, 1.82) is 0 Å². The summed E-state index contributed by atoms with van der Waals surface area (Å²) in [6, 6.07) is 14.9. The maximum Gasteiger partial charge on any atom is 0.322 e. The molecule has 3 N–H and O–H groups in total. The van der Waals surface area contributed by atoms with Gasteiger partial charge in [0, 0.05) is 10.1 Å². The minimum absolute atomic E-state index is 0.321. The van der Waals surface area contributed by atoms with Gasteiger partial charge in [0.1, 0.15) is 12.1 Å². The minimum Gasteiger partial charge on any atom is -0.499 e. The molecule has 0 aliphatic rings. The number of carbonyl (C=O) groups excluding carboxylic acids is 1. The molecule has 6 nitrogen and oxygen atoms in total. The fourth-order valence-corrected chi connectivity index (χ4v) is 3.69. The SMILES string of the molecule is O=C(O)CNC(=O)c1c(O)sc2c(Cc3ccccc3)cccc2c1=O. The average Bonchev–Trinajstić information content (AvgIpc) is 2.61. The van der Waals surface area contributed by atoms with E-state index in [2.05, 4.69) is 5.32 Å². The van der Waals surface area contributed by atoms with Gasteiger partial charge in [0.25, 0.3) is 5.91 Å². The molecule has 0 spiro atoms. The van der Waals surface area contributed by atoms with E-state index in [4.69, 9.17) is 5.11 Å². The van der Waals surface area contributed by atoms with Gasteiger partial charge >= 0.3 is 5.97 Å². The van der Waals surface area contributed by atoms with Gasteiger partial charge in [-0.1, -0.05) is 53.8 Å². The summed E-state index contributed by atoms with van der Waals surface area (Å²) >= 11 is 0.938. The lowest BCUT2D eigenvalue weighted by Gasteiger charge is -2.09. The molecule has 0 atom stereocenters. The van der Waals surface area contributed by atoms with Crippen molar-refractivity contribution in [3.63, 3.8) is 0 Å². The summed E-state index contributed by atoms with van der Waals surface area (Å²) in [4.78, 5) is 35.3. The summed E-state index contributed by atoms with van der Waals surface area (Å²) in [7, 11) is 0. The van der Waals surface area contributed by atoms with Crippen LogP contribution >= 0.6 is 11.3 Å². The number of carbonyl (C=O) groups is 2. The number of hydrogen-bond acceptors (Lipinski definition) is 5. The Morgan fingerprint density at radius 1 is 1.04 bits per heavy atom. The molecule has 7 heteroatoms. The van der Waals surface area contributed by atoms with E-state index in [1.807, 2.05) is 36.4 Å². The molecular weight excluding hydrogens is 354 g/mol. The van der Waals surface area contributed by atoms with Crippen molar-refractivity contribution in [3.05, 3.63) is 75.4 Å². The van der Waals surface area contributed by atoms with Gasteiger partial charge in [-0.3, -0.25) is 14.4 Å². The van der Waals surface area contributed by atoms with E-state index < -0.39 is 34.5 Å². The molecule has 132 valence electrons. The summed E-state index contributed by atoms with van der Waals surface area (Å²) in [6.07, 6.45) is 0.581. The van der Waals surface area contributed by atoms with Crippen LogP contribution in [0.4, 0.5) is 0 Å². The lowest BCUT2D eigenvalue weighted by Crippen LogP contribution is -2.32. The minimum atomic E-state index is -1.24. The van der Waals surface area contributed by atoms with Gasteiger partial charge < -0.3 is 15.5 Å². The molecular formula is C19H15NO5S. The van der Waals surface area contributed by atoms with E-state index in [1.54, 1.807) is 12.1 Å². The van der Waals surface area contributed by atoms with E-state index in [0.29, 0.717) is 16.5 Å². The van der Waals surface area contributed by atoms with Crippen LogP contribution in [0.1, 0.15) is 21.5 Å². The second-order valence-corrected chi connectivity index (χ2v) is 6.64. The maximum atomic E-state index is 12.7. The van der Waals surface area contributed by atoms with E-state index in [0.717, 1.165) is 22.5 Å². The average molecular weight is 369 g/mol. The number of nitrogens with one attached hydrogen (secondary N) is 1. The van der Waals surface area contributed by atoms with Crippen LogP contribution in [0.25, 0.3) is 10.1 Å². The van der Waals surface area contributed by atoms with E-state index in [1.165, 1.54) is 0 Å². The molecule has 0 saturated carbocycles. The fraction of sp³-hybridized carbons (Fsp3) is 0.105. The van der Waals surface area contributed by atoms with Crippen molar-refractivity contribution < 1.29 is 19.8 Å². The lowest BCUT2D eigenvalue weighted by molar-refractivity contribution is -0.135. The molecule has 0 unspecified atom stereocenters. The molecule has 3 rings (SSSR count). The van der Waals surface area contributed by atoms with Crippen LogP contribution in [0.3, 0.4) is 0 Å². The van der Waals surface area contributed by atoms with Gasteiger partial charge in [-0.2, -0.15) is 0 Å².